The van der Waals surface area contributed by atoms with Gasteiger partial charge in [-0.15, -0.1) is 0 Å². The van der Waals surface area contributed by atoms with Gasteiger partial charge in [0.15, 0.2) is 0 Å². The maximum atomic E-state index is 13.8. The molecule has 2 atom stereocenters. The Hall–Kier alpha value is -0.00403. The van der Waals surface area contributed by atoms with Gasteiger partial charge in [-0.05, 0) is 5.92 Å². The van der Waals surface area contributed by atoms with Crippen molar-refractivity contribution in [2.75, 3.05) is 16.3 Å². The van der Waals surface area contributed by atoms with Crippen LogP contribution >= 0.6 is 0 Å². The van der Waals surface area contributed by atoms with E-state index in [9.17, 15) is 4.21 Å². The second-order valence-electron chi connectivity index (χ2n) is 8.58. The zero-order valence-corrected chi connectivity index (χ0v) is 29.3. The van der Waals surface area contributed by atoms with Gasteiger partial charge in [0.05, 0.1) is 0 Å². The van der Waals surface area contributed by atoms with E-state index < -0.39 is 9.71 Å². The zero-order valence-electron chi connectivity index (χ0n) is 21.7. The molecule has 0 aliphatic carbocycles. The molecule has 10 heteroatoms. The van der Waals surface area contributed by atoms with Crippen molar-refractivity contribution in [3.8, 4) is 11.4 Å². The van der Waals surface area contributed by atoms with Crippen molar-refractivity contribution < 1.29 is 47.1 Å². The van der Waals surface area contributed by atoms with Crippen LogP contribution in [0.1, 0.15) is 66.5 Å². The maximum absolute atomic E-state index is 13.8. The van der Waals surface area contributed by atoms with Crippen molar-refractivity contribution in [2.45, 2.75) is 78.3 Å². The molecule has 7 nitrogen and oxygen atoms in total. The first-order valence-corrected chi connectivity index (χ1v) is 14.9. The number of anilines is 1. The number of rotatable bonds is 3. The fourth-order valence-electron chi connectivity index (χ4n) is 3.57. The Morgan fingerprint density at radius 1 is 1.29 bits per heavy atom. The molecule has 1 aromatic heterocycles. The van der Waals surface area contributed by atoms with Crippen molar-refractivity contribution in [1.29, 1.82) is 0 Å². The molecule has 0 amide bonds. The normalized spacial score (nSPS) is 20.4. The van der Waals surface area contributed by atoms with Crippen molar-refractivity contribution in [1.82, 2.24) is 14.1 Å². The predicted molar refractivity (Wildman–Crippen MR) is 140 cm³/mol. The summed E-state index contributed by atoms with van der Waals surface area (Å²) < 4.78 is 25.8. The average Bonchev–Trinajstić information content (AvgIpc) is 3.23. The van der Waals surface area contributed by atoms with Gasteiger partial charge in [-0.2, -0.15) is 0 Å². The van der Waals surface area contributed by atoms with Crippen LogP contribution < -0.4 is 7.45 Å². The summed E-state index contributed by atoms with van der Waals surface area (Å²) in [7, 11) is -0.634. The Morgan fingerprint density at radius 2 is 1.91 bits per heavy atom. The predicted octanol–water partition coefficient (Wildman–Crippen LogP) is 3.81. The Bertz CT molecular complexity index is 995. The third-order valence-corrected chi connectivity index (χ3v) is 9.09. The Balaban J connectivity index is 0.00000124. The smallest absolute Gasteiger partial charge is 0 e. The summed E-state index contributed by atoms with van der Waals surface area (Å²) in [6.07, 6.45) is 6.17. The molecule has 0 saturated heterocycles. The van der Waals surface area contributed by atoms with Gasteiger partial charge in [0.2, 0.25) is 0 Å². The second kappa shape index (κ2) is 15.3. The molecule has 2 N–H and O–H groups in total. The van der Waals surface area contributed by atoms with E-state index in [1.165, 1.54) is 0 Å². The number of ether oxygens (including phenoxy) is 1. The molecular formula is C24H40N4O3PbSY-. The quantitative estimate of drug-likeness (QED) is 0.271. The fourth-order valence-corrected chi connectivity index (χ4v) is 7.18. The fraction of sp³-hybridized carbons (Fsp3) is 0.583. The molecule has 34 heavy (non-hydrogen) atoms. The van der Waals surface area contributed by atoms with Crippen molar-refractivity contribution in [2.24, 2.45) is 5.92 Å². The van der Waals surface area contributed by atoms with Gasteiger partial charge in [-0.25, -0.2) is 0 Å². The van der Waals surface area contributed by atoms with E-state index in [4.69, 9.17) is 4.74 Å². The largest absolute Gasteiger partial charge is 0.412 e. The number of aromatic nitrogens is 2. The first kappa shape index (κ1) is 34.0. The van der Waals surface area contributed by atoms with Gasteiger partial charge in [0, 0.05) is 32.7 Å². The summed E-state index contributed by atoms with van der Waals surface area (Å²) in [5.74, 6) is 5.77. The van der Waals surface area contributed by atoms with Crippen LogP contribution in [0.25, 0.3) is 5.69 Å². The molecule has 0 bridgehead atoms. The van der Waals surface area contributed by atoms with Crippen LogP contribution in [-0.4, -0.2) is 75.3 Å². The molecule has 2 aliphatic heterocycles. The van der Waals surface area contributed by atoms with E-state index >= 15 is 0 Å². The van der Waals surface area contributed by atoms with Crippen molar-refractivity contribution in [3.05, 3.63) is 30.1 Å². The summed E-state index contributed by atoms with van der Waals surface area (Å²) in [6.45, 7) is 14.0. The van der Waals surface area contributed by atoms with Crippen LogP contribution in [0.15, 0.2) is 23.1 Å². The van der Waals surface area contributed by atoms with Crippen molar-refractivity contribution >= 4 is 47.3 Å². The minimum absolute atomic E-state index is 0. The topological polar surface area (TPSA) is 82.1 Å². The molecule has 4 rings (SSSR count). The van der Waals surface area contributed by atoms with E-state index in [2.05, 4.69) is 47.6 Å². The van der Waals surface area contributed by atoms with E-state index in [1.54, 1.807) is 0 Å². The number of benzene rings is 1. The van der Waals surface area contributed by atoms with Gasteiger partial charge in [0.25, 0.3) is 0 Å². The Kier molecular flexibility index (Phi) is 15.3. The Morgan fingerprint density at radius 3 is 2.50 bits per heavy atom. The van der Waals surface area contributed by atoms with Gasteiger partial charge in [0.1, 0.15) is 0 Å². The number of hydrogen-bond acceptors (Lipinski definition) is 4. The summed E-state index contributed by atoms with van der Waals surface area (Å²) in [6, 6.07) is 6.02. The van der Waals surface area contributed by atoms with E-state index in [0.29, 0.717) is 6.61 Å². The number of nitrogens with zero attached hydrogens (tertiary/aromatic N) is 4. The Labute approximate surface area is 248 Å². The van der Waals surface area contributed by atoms with E-state index in [0.717, 1.165) is 85.5 Å². The number of hydrogen-bond donors (Lipinski definition) is 0. The summed E-state index contributed by atoms with van der Waals surface area (Å²) >= 11 is 0.851. The van der Waals surface area contributed by atoms with Crippen LogP contribution in [-0.2, 0) is 49.0 Å². The van der Waals surface area contributed by atoms with Crippen LogP contribution in [0.5, 0.6) is 5.75 Å². The first-order chi connectivity index (χ1) is 15.2. The number of unbranched alkanes of at least 4 members (excludes halogenated alkanes) is 1. The SMILES string of the molecule is C=S1(=O)c2cc3c(cc2[N]([Pb])C[C@@H](CCCC)N1C)OCc1c[c-]nn1-3.CC.CC(C)C.O.[Y]. The van der Waals surface area contributed by atoms with Gasteiger partial charge >= 0.3 is 172 Å². The molecule has 3 heterocycles. The zero-order chi connectivity index (χ0) is 24.1. The molecule has 0 fully saturated rings. The molecule has 0 saturated carbocycles. The summed E-state index contributed by atoms with van der Waals surface area (Å²) in [5.41, 5.74) is 2.75. The summed E-state index contributed by atoms with van der Waals surface area (Å²) in [4.78, 5) is 0.777. The maximum Gasteiger partial charge on any atom is 0 e. The molecule has 1 aromatic carbocycles. The molecular weight excluding hydrogens is 720 g/mol. The summed E-state index contributed by atoms with van der Waals surface area (Å²) in [5, 5.41) is 4.29. The van der Waals surface area contributed by atoms with Gasteiger partial charge in [-0.3, -0.25) is 0 Å². The van der Waals surface area contributed by atoms with Gasteiger partial charge in [-0.1, -0.05) is 34.6 Å². The minimum atomic E-state index is -2.58. The molecule has 2 aromatic rings. The standard InChI is InChI=1S/C18H22N4O2S.C4H10.C2H6.H2O.Pb.Y/c1-4-5-6-13-11-19-15-9-17-16(10-18(15)25(3,23)21(13)2)22-14(12-24-17)7-8-20-22;1-4(2)3;1-2;;;/h7,9-10,13H,3-6,11-12H2,1-2H3;4H,1-3H3;1-2H3;1H2;;/q-2;;;;+1;/t13-,25?;;;;;/m1...../s1. The molecule has 4 radical (unpaired) electrons. The third kappa shape index (κ3) is 7.75. The number of likely N-dealkylation sites (N-methyl/N-ethyl adjacent to an activating group) is 1. The van der Waals surface area contributed by atoms with Crippen LogP contribution in [0.4, 0.5) is 5.69 Å². The molecule has 188 valence electrons. The first-order valence-electron chi connectivity index (χ1n) is 11.5. The third-order valence-electron chi connectivity index (χ3n) is 5.20. The average molecular weight is 761 g/mol. The monoisotopic (exact) mass is 761 g/mol. The van der Waals surface area contributed by atoms with Crippen LogP contribution in [0.3, 0.4) is 0 Å². The van der Waals surface area contributed by atoms with Crippen molar-refractivity contribution in [3.63, 3.8) is 0 Å². The number of fused-ring (bicyclic) bond motifs is 4. The van der Waals surface area contributed by atoms with Crippen LogP contribution in [0.2, 0.25) is 0 Å². The second-order valence-corrected chi connectivity index (χ2v) is 13.0. The molecule has 0 spiro atoms. The van der Waals surface area contributed by atoms with E-state index in [1.807, 2.05) is 48.1 Å². The molecule has 1 unspecified atom stereocenters. The van der Waals surface area contributed by atoms with Gasteiger partial charge < -0.3 is 5.48 Å². The minimum Gasteiger partial charge on any atom is -0.412 e. The van der Waals surface area contributed by atoms with Crippen LogP contribution in [0, 0.1) is 12.1 Å². The van der Waals surface area contributed by atoms with E-state index in [-0.39, 0.29) is 44.2 Å². The molecule has 2 aliphatic rings.